The molecule has 0 bridgehead atoms. The van der Waals surface area contributed by atoms with Crippen LogP contribution in [0.1, 0.15) is 38.8 Å². The van der Waals surface area contributed by atoms with Gasteiger partial charge in [-0.25, -0.2) is 0 Å². The molecule has 0 aliphatic heterocycles. The van der Waals surface area contributed by atoms with Crippen molar-refractivity contribution in [3.05, 3.63) is 113 Å². The molecule has 0 aliphatic rings. The van der Waals surface area contributed by atoms with Gasteiger partial charge in [0, 0.05) is 22.9 Å². The number of aryl methyl sites for hydroxylation is 1. The number of carbonyl (C=O) groups excluding carboxylic acids is 2. The maximum Gasteiger partial charge on any atom is 0.255 e. The molecule has 160 valence electrons. The number of carbonyl (C=O) groups is 2. The Morgan fingerprint density at radius 3 is 2.16 bits per heavy atom. The lowest BCUT2D eigenvalue weighted by molar-refractivity contribution is 0.0939. The molecule has 0 saturated heterocycles. The van der Waals surface area contributed by atoms with Crippen LogP contribution in [0.3, 0.4) is 0 Å². The van der Waals surface area contributed by atoms with Crippen molar-refractivity contribution in [2.45, 2.75) is 26.3 Å². The third-order valence-electron chi connectivity index (χ3n) is 5.51. The van der Waals surface area contributed by atoms with Crippen LogP contribution in [0.4, 0.5) is 5.69 Å². The average Bonchev–Trinajstić information content (AvgIpc) is 2.80. The first-order valence-electron chi connectivity index (χ1n) is 10.8. The van der Waals surface area contributed by atoms with Gasteiger partial charge in [-0.1, -0.05) is 60.7 Å². The third-order valence-corrected chi connectivity index (χ3v) is 5.51. The van der Waals surface area contributed by atoms with E-state index in [0.29, 0.717) is 16.8 Å². The smallest absolute Gasteiger partial charge is 0.255 e. The summed E-state index contributed by atoms with van der Waals surface area (Å²) in [5, 5.41) is 8.13. The zero-order chi connectivity index (χ0) is 22.5. The summed E-state index contributed by atoms with van der Waals surface area (Å²) in [7, 11) is 0. The molecule has 0 radical (unpaired) electrons. The number of hydrogen-bond donors (Lipinski definition) is 2. The largest absolute Gasteiger partial charge is 0.349 e. The SMILES string of the molecule is Cc1cc(C(=O)N[C@H](C)Cc2ccccc2)ccc1NC(=O)c1ccc2ccccc2c1. The van der Waals surface area contributed by atoms with Crippen LogP contribution in [0.25, 0.3) is 10.8 Å². The maximum absolute atomic E-state index is 12.8. The maximum atomic E-state index is 12.8. The molecular weight excluding hydrogens is 396 g/mol. The quantitative estimate of drug-likeness (QED) is 0.415. The molecule has 0 heterocycles. The predicted molar refractivity (Wildman–Crippen MR) is 130 cm³/mol. The average molecular weight is 423 g/mol. The van der Waals surface area contributed by atoms with Crippen LogP contribution in [-0.2, 0) is 6.42 Å². The van der Waals surface area contributed by atoms with Crippen LogP contribution in [0.5, 0.6) is 0 Å². The Labute approximate surface area is 188 Å². The number of rotatable bonds is 6. The van der Waals surface area contributed by atoms with Crippen LogP contribution in [0, 0.1) is 6.92 Å². The van der Waals surface area contributed by atoms with Crippen LogP contribution in [0.15, 0.2) is 91.0 Å². The highest BCUT2D eigenvalue weighted by atomic mass is 16.2. The molecule has 4 rings (SSSR count). The molecule has 32 heavy (non-hydrogen) atoms. The highest BCUT2D eigenvalue weighted by Crippen LogP contribution is 2.20. The zero-order valence-electron chi connectivity index (χ0n) is 18.3. The first-order valence-corrected chi connectivity index (χ1v) is 10.8. The van der Waals surface area contributed by atoms with E-state index in [1.54, 1.807) is 18.2 Å². The molecule has 2 N–H and O–H groups in total. The molecule has 0 spiro atoms. The molecule has 4 aromatic carbocycles. The van der Waals surface area contributed by atoms with E-state index in [2.05, 4.69) is 22.8 Å². The van der Waals surface area contributed by atoms with E-state index in [1.165, 1.54) is 5.56 Å². The first-order chi connectivity index (χ1) is 15.5. The Hall–Kier alpha value is -3.92. The molecule has 2 amide bonds. The van der Waals surface area contributed by atoms with Gasteiger partial charge in [-0.05, 0) is 72.5 Å². The van der Waals surface area contributed by atoms with Gasteiger partial charge in [-0.3, -0.25) is 9.59 Å². The first kappa shape index (κ1) is 21.3. The second-order valence-electron chi connectivity index (χ2n) is 8.11. The van der Waals surface area contributed by atoms with Gasteiger partial charge in [-0.15, -0.1) is 0 Å². The van der Waals surface area contributed by atoms with Crippen LogP contribution in [0.2, 0.25) is 0 Å². The van der Waals surface area contributed by atoms with E-state index in [0.717, 1.165) is 22.8 Å². The van der Waals surface area contributed by atoms with Gasteiger partial charge in [0.15, 0.2) is 0 Å². The molecule has 0 unspecified atom stereocenters. The van der Waals surface area contributed by atoms with Crippen molar-refractivity contribution in [2.24, 2.45) is 0 Å². The molecule has 4 aromatic rings. The second kappa shape index (κ2) is 9.48. The Morgan fingerprint density at radius 2 is 1.41 bits per heavy atom. The van der Waals surface area contributed by atoms with Crippen molar-refractivity contribution in [3.8, 4) is 0 Å². The molecular formula is C28H26N2O2. The Kier molecular flexibility index (Phi) is 6.31. The van der Waals surface area contributed by atoms with Crippen LogP contribution < -0.4 is 10.6 Å². The fraction of sp³-hybridized carbons (Fsp3) is 0.143. The molecule has 0 aliphatic carbocycles. The minimum atomic E-state index is -0.174. The molecule has 0 fully saturated rings. The highest BCUT2D eigenvalue weighted by Gasteiger charge is 2.13. The number of benzene rings is 4. The second-order valence-corrected chi connectivity index (χ2v) is 8.11. The summed E-state index contributed by atoms with van der Waals surface area (Å²) in [6.45, 7) is 3.89. The van der Waals surface area contributed by atoms with Crippen molar-refractivity contribution >= 4 is 28.3 Å². The molecule has 4 nitrogen and oxygen atoms in total. The Balaban J connectivity index is 1.41. The molecule has 4 heteroatoms. The molecule has 0 saturated carbocycles. The van der Waals surface area contributed by atoms with E-state index in [4.69, 9.17) is 0 Å². The van der Waals surface area contributed by atoms with Crippen molar-refractivity contribution in [3.63, 3.8) is 0 Å². The molecule has 1 atom stereocenters. The number of hydrogen-bond acceptors (Lipinski definition) is 2. The zero-order valence-corrected chi connectivity index (χ0v) is 18.3. The van der Waals surface area contributed by atoms with E-state index in [1.807, 2.05) is 74.5 Å². The predicted octanol–water partition coefficient (Wildman–Crippen LogP) is 5.76. The minimum absolute atomic E-state index is 0.0116. The summed E-state index contributed by atoms with van der Waals surface area (Å²) >= 11 is 0. The van der Waals surface area contributed by atoms with Gasteiger partial charge >= 0.3 is 0 Å². The summed E-state index contributed by atoms with van der Waals surface area (Å²) in [5.41, 5.74) is 3.88. The third kappa shape index (κ3) is 5.03. The minimum Gasteiger partial charge on any atom is -0.349 e. The van der Waals surface area contributed by atoms with Gasteiger partial charge in [0.25, 0.3) is 11.8 Å². The van der Waals surface area contributed by atoms with Crippen LogP contribution in [-0.4, -0.2) is 17.9 Å². The Morgan fingerprint density at radius 1 is 0.750 bits per heavy atom. The van der Waals surface area contributed by atoms with Crippen LogP contribution >= 0.6 is 0 Å². The number of nitrogens with one attached hydrogen (secondary N) is 2. The summed E-state index contributed by atoms with van der Waals surface area (Å²) in [5.74, 6) is -0.295. The van der Waals surface area contributed by atoms with Gasteiger partial charge in [-0.2, -0.15) is 0 Å². The van der Waals surface area contributed by atoms with Gasteiger partial charge < -0.3 is 10.6 Å². The van der Waals surface area contributed by atoms with Gasteiger partial charge in [0.2, 0.25) is 0 Å². The number of fused-ring (bicyclic) bond motifs is 1. The van der Waals surface area contributed by atoms with E-state index >= 15 is 0 Å². The summed E-state index contributed by atoms with van der Waals surface area (Å²) in [4.78, 5) is 25.4. The van der Waals surface area contributed by atoms with E-state index < -0.39 is 0 Å². The summed E-state index contributed by atoms with van der Waals surface area (Å²) < 4.78 is 0. The van der Waals surface area contributed by atoms with Gasteiger partial charge in [0.05, 0.1) is 0 Å². The fourth-order valence-electron chi connectivity index (χ4n) is 3.80. The van der Waals surface area contributed by atoms with E-state index in [9.17, 15) is 9.59 Å². The lowest BCUT2D eigenvalue weighted by atomic mass is 10.0. The van der Waals surface area contributed by atoms with Crippen molar-refractivity contribution < 1.29 is 9.59 Å². The van der Waals surface area contributed by atoms with Crippen molar-refractivity contribution in [1.29, 1.82) is 0 Å². The fourth-order valence-corrected chi connectivity index (χ4v) is 3.80. The Bertz CT molecular complexity index is 1260. The standard InChI is InChI=1S/C28H26N2O2/c1-19-16-24(27(31)29-20(2)17-21-8-4-3-5-9-21)14-15-26(19)30-28(32)25-13-12-22-10-6-7-11-23(22)18-25/h3-16,18,20H,17H2,1-2H3,(H,29,31)(H,30,32)/t20-/m1/s1. The van der Waals surface area contributed by atoms with Crippen molar-refractivity contribution in [2.75, 3.05) is 5.32 Å². The molecule has 0 aromatic heterocycles. The lowest BCUT2D eigenvalue weighted by Gasteiger charge is -2.15. The van der Waals surface area contributed by atoms with Crippen molar-refractivity contribution in [1.82, 2.24) is 5.32 Å². The topological polar surface area (TPSA) is 58.2 Å². The lowest BCUT2D eigenvalue weighted by Crippen LogP contribution is -2.34. The van der Waals surface area contributed by atoms with E-state index in [-0.39, 0.29) is 17.9 Å². The number of anilines is 1. The highest BCUT2D eigenvalue weighted by molar-refractivity contribution is 6.07. The normalized spacial score (nSPS) is 11.7. The number of amides is 2. The summed E-state index contributed by atoms with van der Waals surface area (Å²) in [6, 6.07) is 29.0. The van der Waals surface area contributed by atoms with Gasteiger partial charge in [0.1, 0.15) is 0 Å². The monoisotopic (exact) mass is 422 g/mol. The summed E-state index contributed by atoms with van der Waals surface area (Å²) in [6.07, 6.45) is 0.769.